The zero-order valence-electron chi connectivity index (χ0n) is 16.5. The zero-order valence-corrected chi connectivity index (χ0v) is 18.9. The van der Waals surface area contributed by atoms with Crippen molar-refractivity contribution in [2.45, 2.75) is 22.1 Å². The van der Waals surface area contributed by atoms with Gasteiger partial charge >= 0.3 is 0 Å². The van der Waals surface area contributed by atoms with E-state index in [1.807, 2.05) is 60.7 Å². The summed E-state index contributed by atoms with van der Waals surface area (Å²) in [5.41, 5.74) is 2.98. The van der Waals surface area contributed by atoms with E-state index in [1.165, 1.54) is 11.3 Å². The van der Waals surface area contributed by atoms with Gasteiger partial charge < -0.3 is 0 Å². The average Bonchev–Trinajstić information content (AvgIpc) is 3.17. The first-order valence-electron chi connectivity index (χ1n) is 9.70. The highest BCUT2D eigenvalue weighted by Crippen LogP contribution is 2.31. The molecule has 0 bridgehead atoms. The van der Waals surface area contributed by atoms with E-state index in [4.69, 9.17) is 0 Å². The molecule has 4 aromatic rings. The maximum Gasteiger partial charge on any atom is 0.240 e. The third kappa shape index (κ3) is 4.75. The van der Waals surface area contributed by atoms with Crippen LogP contribution in [0, 0.1) is 0 Å². The van der Waals surface area contributed by atoms with Crippen LogP contribution in [-0.4, -0.2) is 25.7 Å². The van der Waals surface area contributed by atoms with Crippen molar-refractivity contribution < 1.29 is 8.42 Å². The summed E-state index contributed by atoms with van der Waals surface area (Å²) in [6.07, 6.45) is 0. The first-order chi connectivity index (χ1) is 14.6. The van der Waals surface area contributed by atoms with Crippen molar-refractivity contribution in [2.24, 2.45) is 0 Å². The molecule has 4 rings (SSSR count). The topological polar surface area (TPSA) is 59.1 Å². The Morgan fingerprint density at radius 2 is 1.60 bits per heavy atom. The summed E-state index contributed by atoms with van der Waals surface area (Å²) in [5, 5.41) is 0. The van der Waals surface area contributed by atoms with Crippen molar-refractivity contribution in [1.82, 2.24) is 9.71 Å². The van der Waals surface area contributed by atoms with Crippen LogP contribution in [0.25, 0.3) is 10.2 Å². The van der Waals surface area contributed by atoms with Crippen molar-refractivity contribution in [1.29, 1.82) is 0 Å². The normalized spacial score (nSPS) is 11.9. The molecular weight excluding hydrogens is 432 g/mol. The molecule has 1 aromatic heterocycles. The van der Waals surface area contributed by atoms with Gasteiger partial charge in [0.25, 0.3) is 0 Å². The Balaban J connectivity index is 1.59. The lowest BCUT2D eigenvalue weighted by atomic mass is 9.92. The van der Waals surface area contributed by atoms with Gasteiger partial charge in [0.2, 0.25) is 10.0 Å². The molecule has 0 aliphatic heterocycles. The van der Waals surface area contributed by atoms with Crippen LogP contribution in [-0.2, 0) is 10.0 Å². The second kappa shape index (κ2) is 9.31. The van der Waals surface area contributed by atoms with Crippen LogP contribution in [0.4, 0.5) is 0 Å². The highest BCUT2D eigenvalue weighted by atomic mass is 32.2. The first kappa shape index (κ1) is 21.1. The van der Waals surface area contributed by atoms with Gasteiger partial charge in [-0.25, -0.2) is 18.1 Å². The molecule has 0 unspecified atom stereocenters. The van der Waals surface area contributed by atoms with Crippen LogP contribution < -0.4 is 4.72 Å². The molecule has 0 aliphatic carbocycles. The monoisotopic (exact) mass is 454 g/mol. The number of aromatic nitrogens is 1. The van der Waals surface area contributed by atoms with Gasteiger partial charge in [0.05, 0.1) is 15.1 Å². The van der Waals surface area contributed by atoms with Crippen molar-refractivity contribution in [2.75, 3.05) is 12.3 Å². The highest BCUT2D eigenvalue weighted by molar-refractivity contribution is 8.01. The first-order valence-corrected chi connectivity index (χ1v) is 13.0. The van der Waals surface area contributed by atoms with Gasteiger partial charge in [-0.15, -0.1) is 11.3 Å². The predicted octanol–water partition coefficient (Wildman–Crippen LogP) is 5.52. The van der Waals surface area contributed by atoms with Crippen LogP contribution in [0.3, 0.4) is 0 Å². The number of hydrogen-bond donors (Lipinski definition) is 1. The van der Waals surface area contributed by atoms with Crippen molar-refractivity contribution in [3.63, 3.8) is 0 Å². The van der Waals surface area contributed by atoms with Crippen molar-refractivity contribution in [3.8, 4) is 0 Å². The van der Waals surface area contributed by atoms with Crippen LogP contribution >= 0.6 is 23.1 Å². The van der Waals surface area contributed by atoms with Crippen LogP contribution in [0.15, 0.2) is 88.1 Å². The lowest BCUT2D eigenvalue weighted by Gasteiger charge is -2.19. The standard InChI is InChI=1S/C23H22N2O2S3/c1-2-28-23-25-21-14-13-19(15-22(21)29-23)30(26,27)24-16-20(17-9-5-3-6-10-17)18-11-7-4-8-12-18/h3-15,20,24H,2,16H2,1H3. The molecule has 1 N–H and O–H groups in total. The molecular formula is C23H22N2O2S3. The summed E-state index contributed by atoms with van der Waals surface area (Å²) >= 11 is 3.20. The Labute approximate surface area is 185 Å². The quantitative estimate of drug-likeness (QED) is 0.356. The summed E-state index contributed by atoms with van der Waals surface area (Å²) in [6, 6.07) is 25.1. The van der Waals surface area contributed by atoms with Gasteiger partial charge in [0.15, 0.2) is 4.34 Å². The molecule has 7 heteroatoms. The number of thioether (sulfide) groups is 1. The van der Waals surface area contributed by atoms with Crippen LogP contribution in [0.2, 0.25) is 0 Å². The Kier molecular flexibility index (Phi) is 6.53. The molecule has 0 atom stereocenters. The van der Waals surface area contributed by atoms with Crippen LogP contribution in [0.1, 0.15) is 24.0 Å². The van der Waals surface area contributed by atoms with E-state index in [1.54, 1.807) is 30.0 Å². The fourth-order valence-electron chi connectivity index (χ4n) is 3.31. The van der Waals surface area contributed by atoms with Crippen molar-refractivity contribution in [3.05, 3.63) is 90.0 Å². The van der Waals surface area contributed by atoms with Crippen LogP contribution in [0.5, 0.6) is 0 Å². The van der Waals surface area contributed by atoms with Gasteiger partial charge in [-0.2, -0.15) is 0 Å². The summed E-state index contributed by atoms with van der Waals surface area (Å²) in [6.45, 7) is 2.36. The van der Waals surface area contributed by atoms with E-state index in [0.717, 1.165) is 31.4 Å². The Morgan fingerprint density at radius 1 is 0.967 bits per heavy atom. The number of hydrogen-bond acceptors (Lipinski definition) is 5. The molecule has 0 saturated heterocycles. The fourth-order valence-corrected chi connectivity index (χ4v) is 6.46. The second-order valence-corrected chi connectivity index (χ2v) is 11.1. The van der Waals surface area contributed by atoms with Crippen molar-refractivity contribution >= 4 is 43.3 Å². The van der Waals surface area contributed by atoms with E-state index >= 15 is 0 Å². The molecule has 0 saturated carbocycles. The number of benzene rings is 3. The maximum atomic E-state index is 13.0. The minimum atomic E-state index is -3.64. The number of sulfonamides is 1. The second-order valence-electron chi connectivity index (χ2n) is 6.77. The van der Waals surface area contributed by atoms with Gasteiger partial charge in [-0.1, -0.05) is 79.3 Å². The maximum absolute atomic E-state index is 13.0. The Bertz CT molecular complexity index is 1180. The van der Waals surface area contributed by atoms with E-state index in [-0.39, 0.29) is 17.4 Å². The summed E-state index contributed by atoms with van der Waals surface area (Å²) in [7, 11) is -3.64. The Morgan fingerprint density at radius 3 is 2.20 bits per heavy atom. The number of fused-ring (bicyclic) bond motifs is 1. The molecule has 30 heavy (non-hydrogen) atoms. The average molecular weight is 455 g/mol. The molecule has 1 heterocycles. The highest BCUT2D eigenvalue weighted by Gasteiger charge is 2.20. The summed E-state index contributed by atoms with van der Waals surface area (Å²) in [5.74, 6) is 0.870. The van der Waals surface area contributed by atoms with E-state index in [2.05, 4.69) is 16.6 Å². The SMILES string of the molecule is CCSc1nc2ccc(S(=O)(=O)NCC(c3ccccc3)c3ccccc3)cc2s1. The predicted molar refractivity (Wildman–Crippen MR) is 126 cm³/mol. The fraction of sp³-hybridized carbons (Fsp3) is 0.174. The molecule has 0 radical (unpaired) electrons. The minimum Gasteiger partial charge on any atom is -0.230 e. The molecule has 0 spiro atoms. The number of rotatable bonds is 8. The summed E-state index contributed by atoms with van der Waals surface area (Å²) < 4.78 is 30.8. The molecule has 3 aromatic carbocycles. The van der Waals surface area contributed by atoms with Gasteiger partial charge in [0, 0.05) is 12.5 Å². The third-order valence-corrected chi connectivity index (χ3v) is 8.26. The molecule has 0 aliphatic rings. The van der Waals surface area contributed by atoms with E-state index in [0.29, 0.717) is 0 Å². The van der Waals surface area contributed by atoms with Gasteiger partial charge in [-0.05, 0) is 35.1 Å². The van der Waals surface area contributed by atoms with E-state index in [9.17, 15) is 8.42 Å². The minimum absolute atomic E-state index is 0.0677. The molecule has 0 amide bonds. The Hall–Kier alpha value is -2.19. The summed E-state index contributed by atoms with van der Waals surface area (Å²) in [4.78, 5) is 4.82. The van der Waals surface area contributed by atoms with Gasteiger partial charge in [-0.3, -0.25) is 0 Å². The lowest BCUT2D eigenvalue weighted by Crippen LogP contribution is -2.29. The number of nitrogens with one attached hydrogen (secondary N) is 1. The smallest absolute Gasteiger partial charge is 0.230 e. The zero-order chi connectivity index (χ0) is 21.0. The van der Waals surface area contributed by atoms with Gasteiger partial charge in [0.1, 0.15) is 0 Å². The lowest BCUT2D eigenvalue weighted by molar-refractivity contribution is 0.577. The number of nitrogens with zero attached hydrogens (tertiary/aromatic N) is 1. The largest absolute Gasteiger partial charge is 0.240 e. The molecule has 4 nitrogen and oxygen atoms in total. The number of thiazole rings is 1. The molecule has 0 fully saturated rings. The van der Waals surface area contributed by atoms with E-state index < -0.39 is 10.0 Å². The third-order valence-electron chi connectivity index (χ3n) is 4.80. The molecule has 154 valence electrons.